The Morgan fingerprint density at radius 1 is 1.00 bits per heavy atom. The molecule has 0 aromatic rings. The molecule has 18 heavy (non-hydrogen) atoms. The number of carbonyl (C=O) groups excluding carboxylic acids is 2. The average molecular weight is 264 g/mol. The highest BCUT2D eigenvalue weighted by atomic mass is 19.4. The van der Waals surface area contributed by atoms with E-state index in [0.717, 1.165) is 0 Å². The molecule has 5 heteroatoms. The predicted octanol–water partition coefficient (Wildman–Crippen LogP) is 3.99. The van der Waals surface area contributed by atoms with Gasteiger partial charge in [0, 0.05) is 19.3 Å². The minimum atomic E-state index is -4.72. The number of hydrogen-bond acceptors (Lipinski definition) is 2. The van der Waals surface area contributed by atoms with E-state index in [-0.39, 0.29) is 12.2 Å². The third kappa shape index (κ3) is 8.96. The van der Waals surface area contributed by atoms with Gasteiger partial charge in [-0.3, -0.25) is 9.59 Å². The summed E-state index contributed by atoms with van der Waals surface area (Å²) in [7, 11) is 0. The van der Waals surface area contributed by atoms with Crippen LogP contribution in [-0.4, -0.2) is 17.7 Å². The standard InChI is InChI=1S/C13H19F3O2/c1-2-3-5-8-11(17)9-6-4-7-10-12(18)13(14,15)16/h2-3H,4-10H2,1H3. The van der Waals surface area contributed by atoms with Gasteiger partial charge in [-0.15, -0.1) is 0 Å². The van der Waals surface area contributed by atoms with Crippen molar-refractivity contribution < 1.29 is 22.8 Å². The van der Waals surface area contributed by atoms with E-state index in [1.165, 1.54) is 0 Å². The Morgan fingerprint density at radius 2 is 1.61 bits per heavy atom. The Kier molecular flexibility index (Phi) is 8.33. The molecule has 0 saturated heterocycles. The van der Waals surface area contributed by atoms with Gasteiger partial charge in [0.15, 0.2) is 0 Å². The van der Waals surface area contributed by atoms with E-state index in [9.17, 15) is 22.8 Å². The summed E-state index contributed by atoms with van der Waals surface area (Å²) in [4.78, 5) is 21.8. The fourth-order valence-corrected chi connectivity index (χ4v) is 1.46. The van der Waals surface area contributed by atoms with Crippen molar-refractivity contribution in [3.8, 4) is 0 Å². The fourth-order valence-electron chi connectivity index (χ4n) is 1.46. The number of ketones is 2. The molecule has 0 fully saturated rings. The Hall–Kier alpha value is -1.13. The molecule has 0 bridgehead atoms. The lowest BCUT2D eigenvalue weighted by Crippen LogP contribution is -2.22. The maximum absolute atomic E-state index is 11.8. The zero-order chi connectivity index (χ0) is 14.0. The van der Waals surface area contributed by atoms with Crippen molar-refractivity contribution in [3.63, 3.8) is 0 Å². The summed E-state index contributed by atoms with van der Waals surface area (Å²) in [6.07, 6.45) is 1.39. The van der Waals surface area contributed by atoms with E-state index >= 15 is 0 Å². The van der Waals surface area contributed by atoms with Gasteiger partial charge in [-0.1, -0.05) is 18.6 Å². The third-order valence-corrected chi connectivity index (χ3v) is 2.50. The minimum absolute atomic E-state index is 0.121. The molecule has 0 amide bonds. The largest absolute Gasteiger partial charge is 0.449 e. The molecule has 0 heterocycles. The highest BCUT2D eigenvalue weighted by Gasteiger charge is 2.36. The van der Waals surface area contributed by atoms with Gasteiger partial charge in [0.05, 0.1) is 0 Å². The van der Waals surface area contributed by atoms with Gasteiger partial charge < -0.3 is 0 Å². The number of Topliss-reactive ketones (excluding diaryl/α,β-unsaturated/α-hetero) is 2. The Morgan fingerprint density at radius 3 is 2.17 bits per heavy atom. The van der Waals surface area contributed by atoms with Crippen LogP contribution >= 0.6 is 0 Å². The van der Waals surface area contributed by atoms with Crippen LogP contribution in [0.5, 0.6) is 0 Å². The topological polar surface area (TPSA) is 34.1 Å². The second-order valence-electron chi connectivity index (χ2n) is 4.13. The lowest BCUT2D eigenvalue weighted by Gasteiger charge is -2.04. The molecule has 0 radical (unpaired) electrons. The van der Waals surface area contributed by atoms with Crippen LogP contribution in [0.4, 0.5) is 13.2 Å². The number of halogens is 3. The highest BCUT2D eigenvalue weighted by Crippen LogP contribution is 2.19. The first-order valence-corrected chi connectivity index (χ1v) is 6.10. The number of unbranched alkanes of at least 4 members (excludes halogenated alkanes) is 2. The Bertz CT molecular complexity index is 293. The predicted molar refractivity (Wildman–Crippen MR) is 63.2 cm³/mol. The second-order valence-corrected chi connectivity index (χ2v) is 4.13. The molecule has 0 N–H and O–H groups in total. The summed E-state index contributed by atoms with van der Waals surface area (Å²) in [5, 5.41) is 0. The maximum atomic E-state index is 11.8. The summed E-state index contributed by atoms with van der Waals surface area (Å²) < 4.78 is 35.5. The van der Waals surface area contributed by atoms with E-state index < -0.39 is 18.4 Å². The van der Waals surface area contributed by atoms with E-state index in [1.807, 2.05) is 19.1 Å². The quantitative estimate of drug-likeness (QED) is 0.466. The van der Waals surface area contributed by atoms with Crippen LogP contribution in [0.15, 0.2) is 12.2 Å². The molecule has 0 aliphatic rings. The van der Waals surface area contributed by atoms with Crippen LogP contribution in [0.25, 0.3) is 0 Å². The van der Waals surface area contributed by atoms with Gasteiger partial charge in [-0.25, -0.2) is 0 Å². The van der Waals surface area contributed by atoms with Crippen molar-refractivity contribution >= 4 is 11.6 Å². The van der Waals surface area contributed by atoms with Crippen LogP contribution < -0.4 is 0 Å². The molecule has 0 rings (SSSR count). The lowest BCUT2D eigenvalue weighted by molar-refractivity contribution is -0.171. The van der Waals surface area contributed by atoms with Crippen LogP contribution in [0.2, 0.25) is 0 Å². The van der Waals surface area contributed by atoms with Crippen LogP contribution in [0, 0.1) is 0 Å². The molecule has 0 aliphatic heterocycles. The molecular formula is C13H19F3O2. The van der Waals surface area contributed by atoms with Gasteiger partial charge in [0.25, 0.3) is 0 Å². The number of alkyl halides is 3. The van der Waals surface area contributed by atoms with Crippen LogP contribution in [-0.2, 0) is 9.59 Å². The number of hydrogen-bond donors (Lipinski definition) is 0. The summed E-state index contributed by atoms with van der Waals surface area (Å²) >= 11 is 0. The van der Waals surface area contributed by atoms with Gasteiger partial charge in [0.1, 0.15) is 5.78 Å². The maximum Gasteiger partial charge on any atom is 0.449 e. The van der Waals surface area contributed by atoms with E-state index in [1.54, 1.807) is 0 Å². The van der Waals surface area contributed by atoms with Crippen molar-refractivity contribution in [3.05, 3.63) is 12.2 Å². The van der Waals surface area contributed by atoms with Gasteiger partial charge in [0.2, 0.25) is 5.78 Å². The molecule has 0 aromatic carbocycles. The number of rotatable bonds is 9. The fraction of sp³-hybridized carbons (Fsp3) is 0.692. The Balaban J connectivity index is 3.51. The SMILES string of the molecule is CC=CCCC(=O)CCCCCC(=O)C(F)(F)F. The molecule has 0 atom stereocenters. The zero-order valence-corrected chi connectivity index (χ0v) is 10.6. The first kappa shape index (κ1) is 16.9. The normalized spacial score (nSPS) is 12.0. The second kappa shape index (κ2) is 8.89. The highest BCUT2D eigenvalue weighted by molar-refractivity contribution is 5.83. The van der Waals surface area contributed by atoms with Crippen molar-refractivity contribution in [1.29, 1.82) is 0 Å². The number of allylic oxidation sites excluding steroid dienone is 2. The molecule has 0 aliphatic carbocycles. The lowest BCUT2D eigenvalue weighted by atomic mass is 10.1. The molecule has 104 valence electrons. The van der Waals surface area contributed by atoms with E-state index in [4.69, 9.17) is 0 Å². The molecule has 0 spiro atoms. The minimum Gasteiger partial charge on any atom is -0.300 e. The summed E-state index contributed by atoms with van der Waals surface area (Å²) in [6.45, 7) is 1.88. The first-order valence-electron chi connectivity index (χ1n) is 6.10. The third-order valence-electron chi connectivity index (χ3n) is 2.50. The summed E-state index contributed by atoms with van der Waals surface area (Å²) in [6, 6.07) is 0. The van der Waals surface area contributed by atoms with E-state index in [0.29, 0.717) is 32.1 Å². The summed E-state index contributed by atoms with van der Waals surface area (Å²) in [5.74, 6) is -1.56. The van der Waals surface area contributed by atoms with Gasteiger partial charge in [-0.05, 0) is 26.2 Å². The summed E-state index contributed by atoms with van der Waals surface area (Å²) in [5.41, 5.74) is 0. The van der Waals surface area contributed by atoms with Crippen molar-refractivity contribution in [2.45, 2.75) is 58.0 Å². The molecule has 0 saturated carbocycles. The van der Waals surface area contributed by atoms with Crippen molar-refractivity contribution in [1.82, 2.24) is 0 Å². The molecular weight excluding hydrogens is 245 g/mol. The van der Waals surface area contributed by atoms with Crippen LogP contribution in [0.1, 0.15) is 51.9 Å². The molecule has 2 nitrogen and oxygen atoms in total. The van der Waals surface area contributed by atoms with Gasteiger partial charge >= 0.3 is 6.18 Å². The van der Waals surface area contributed by atoms with Crippen molar-refractivity contribution in [2.24, 2.45) is 0 Å². The van der Waals surface area contributed by atoms with Crippen molar-refractivity contribution in [2.75, 3.05) is 0 Å². The van der Waals surface area contributed by atoms with Crippen LogP contribution in [0.3, 0.4) is 0 Å². The monoisotopic (exact) mass is 264 g/mol. The number of carbonyl (C=O) groups is 2. The van der Waals surface area contributed by atoms with Gasteiger partial charge in [-0.2, -0.15) is 13.2 Å². The first-order chi connectivity index (χ1) is 8.38. The molecule has 0 aromatic heterocycles. The molecule has 0 unspecified atom stereocenters. The Labute approximate surface area is 105 Å². The smallest absolute Gasteiger partial charge is 0.300 e. The zero-order valence-electron chi connectivity index (χ0n) is 10.6. The average Bonchev–Trinajstić information content (AvgIpc) is 2.27. The van der Waals surface area contributed by atoms with E-state index in [2.05, 4.69) is 0 Å².